The van der Waals surface area contributed by atoms with Gasteiger partial charge in [0, 0.05) is 36.5 Å². The maximum atomic E-state index is 14.7. The summed E-state index contributed by atoms with van der Waals surface area (Å²) in [6.07, 6.45) is 4.24. The van der Waals surface area contributed by atoms with Crippen molar-refractivity contribution in [3.8, 4) is 11.4 Å². The van der Waals surface area contributed by atoms with Gasteiger partial charge in [-0.25, -0.2) is 4.39 Å². The molecule has 1 aliphatic heterocycles. The summed E-state index contributed by atoms with van der Waals surface area (Å²) in [6, 6.07) is 16.7. The van der Waals surface area contributed by atoms with Crippen molar-refractivity contribution < 1.29 is 9.18 Å². The van der Waals surface area contributed by atoms with E-state index in [4.69, 9.17) is 0 Å². The van der Waals surface area contributed by atoms with Crippen LogP contribution in [0.3, 0.4) is 0 Å². The summed E-state index contributed by atoms with van der Waals surface area (Å²) in [5.74, 6) is 0.871. The Labute approximate surface area is 198 Å². The van der Waals surface area contributed by atoms with E-state index >= 15 is 0 Å². The van der Waals surface area contributed by atoms with E-state index in [1.165, 1.54) is 6.07 Å². The number of carbonyl (C=O) groups is 1. The van der Waals surface area contributed by atoms with Crippen LogP contribution in [0.15, 0.2) is 54.6 Å². The molecule has 0 bridgehead atoms. The number of rotatable bonds is 5. The van der Waals surface area contributed by atoms with Gasteiger partial charge in [0.25, 0.3) is 5.91 Å². The second kappa shape index (κ2) is 9.25. The number of nitrogens with one attached hydrogen (secondary N) is 1. The van der Waals surface area contributed by atoms with Crippen LogP contribution in [0.25, 0.3) is 11.4 Å². The minimum atomic E-state index is -0.481. The summed E-state index contributed by atoms with van der Waals surface area (Å²) in [6.45, 7) is 5.42. The minimum Gasteiger partial charge on any atom is -0.344 e. The fraction of sp³-hybridized carbons (Fsp3) is 0.296. The number of nitrogens with zero attached hydrogens (tertiary/aromatic N) is 4. The molecular weight excluding hydrogens is 429 g/mol. The van der Waals surface area contributed by atoms with Crippen LogP contribution in [0, 0.1) is 19.7 Å². The Morgan fingerprint density at radius 2 is 1.85 bits per heavy atom. The van der Waals surface area contributed by atoms with Crippen LogP contribution in [-0.2, 0) is 19.5 Å². The van der Waals surface area contributed by atoms with Crippen LogP contribution in [0.5, 0.6) is 0 Å². The number of aromatic nitrogens is 4. The quantitative estimate of drug-likeness (QED) is 0.429. The molecule has 0 aliphatic carbocycles. The summed E-state index contributed by atoms with van der Waals surface area (Å²) in [5, 5.41) is 11.5. The van der Waals surface area contributed by atoms with Gasteiger partial charge in [-0.3, -0.25) is 4.79 Å². The Balaban J connectivity index is 1.41. The Bertz CT molecular complexity index is 1340. The Morgan fingerprint density at radius 3 is 2.68 bits per heavy atom. The van der Waals surface area contributed by atoms with Crippen LogP contribution in [0.2, 0.25) is 0 Å². The molecule has 34 heavy (non-hydrogen) atoms. The maximum absolute atomic E-state index is 14.7. The zero-order chi connectivity index (χ0) is 23.7. The largest absolute Gasteiger partial charge is 0.344 e. The number of carbonyl (C=O) groups excluding carboxylic acids is 1. The van der Waals surface area contributed by atoms with Gasteiger partial charge in [0.05, 0.1) is 11.3 Å². The number of fused-ring (bicyclic) bond motifs is 1. The lowest BCUT2D eigenvalue weighted by molar-refractivity contribution is 0.102. The second-order valence-electron chi connectivity index (χ2n) is 8.91. The fourth-order valence-electron chi connectivity index (χ4n) is 4.69. The van der Waals surface area contributed by atoms with E-state index < -0.39 is 5.82 Å². The van der Waals surface area contributed by atoms with Gasteiger partial charge in [0.2, 0.25) is 0 Å². The van der Waals surface area contributed by atoms with Crippen molar-refractivity contribution >= 4 is 11.6 Å². The lowest BCUT2D eigenvalue weighted by Gasteiger charge is -2.12. The van der Waals surface area contributed by atoms with Gasteiger partial charge in [-0.1, -0.05) is 36.8 Å². The average Bonchev–Trinajstić information content (AvgIpc) is 3.26. The molecule has 2 aromatic carbocycles. The molecule has 3 heterocycles. The van der Waals surface area contributed by atoms with Gasteiger partial charge < -0.3 is 14.5 Å². The summed E-state index contributed by atoms with van der Waals surface area (Å²) in [7, 11) is 0. The smallest absolute Gasteiger partial charge is 0.257 e. The van der Waals surface area contributed by atoms with E-state index in [-0.39, 0.29) is 11.6 Å². The number of aryl methyl sites for hydroxylation is 2. The standard InChI is InChI=1S/C27H28FN5O/c1-18-15-22(19(2)33(18)17-20-9-5-3-6-10-20)27(34)29-24-16-21(12-13-23(24)28)26-31-30-25-11-7-4-8-14-32(25)26/h3,5-6,9-10,12-13,15-16H,4,7-8,11,14,17H2,1-2H3,(H,29,34). The molecule has 0 unspecified atom stereocenters. The van der Waals surface area contributed by atoms with E-state index in [9.17, 15) is 9.18 Å². The van der Waals surface area contributed by atoms with Crippen LogP contribution in [-0.4, -0.2) is 25.2 Å². The van der Waals surface area contributed by atoms with Crippen molar-refractivity contribution in [2.24, 2.45) is 0 Å². The molecule has 1 aliphatic rings. The van der Waals surface area contributed by atoms with Gasteiger partial charge in [-0.05, 0) is 56.5 Å². The first-order valence-corrected chi connectivity index (χ1v) is 11.8. The van der Waals surface area contributed by atoms with E-state index in [0.717, 1.165) is 60.6 Å². The molecule has 0 saturated carbocycles. The van der Waals surface area contributed by atoms with Crippen LogP contribution in [0.4, 0.5) is 10.1 Å². The third-order valence-electron chi connectivity index (χ3n) is 6.58. The number of amides is 1. The summed E-state index contributed by atoms with van der Waals surface area (Å²) >= 11 is 0. The highest BCUT2D eigenvalue weighted by molar-refractivity contribution is 6.05. The normalized spacial score (nSPS) is 13.4. The maximum Gasteiger partial charge on any atom is 0.257 e. The first-order valence-electron chi connectivity index (χ1n) is 11.8. The lowest BCUT2D eigenvalue weighted by Crippen LogP contribution is -2.15. The summed E-state index contributed by atoms with van der Waals surface area (Å²) < 4.78 is 18.9. The second-order valence-corrected chi connectivity index (χ2v) is 8.91. The first-order chi connectivity index (χ1) is 16.5. The molecule has 174 valence electrons. The SMILES string of the molecule is Cc1cc(C(=O)Nc2cc(-c3nnc4n3CCCCC4)ccc2F)c(C)n1Cc1ccccc1. The van der Waals surface area contributed by atoms with Crippen LogP contribution in [0.1, 0.15) is 52.4 Å². The number of anilines is 1. The minimum absolute atomic E-state index is 0.140. The van der Waals surface area contributed by atoms with Crippen LogP contribution < -0.4 is 5.32 Å². The number of benzene rings is 2. The Kier molecular flexibility index (Phi) is 6.01. The molecule has 6 nitrogen and oxygen atoms in total. The van der Waals surface area contributed by atoms with Crippen molar-refractivity contribution in [2.75, 3.05) is 5.32 Å². The van der Waals surface area contributed by atoms with Gasteiger partial charge in [-0.2, -0.15) is 0 Å². The van der Waals surface area contributed by atoms with Gasteiger partial charge >= 0.3 is 0 Å². The molecule has 1 amide bonds. The molecule has 0 radical (unpaired) electrons. The predicted octanol–water partition coefficient (Wildman–Crippen LogP) is 5.53. The zero-order valence-electron chi connectivity index (χ0n) is 19.5. The molecule has 4 aromatic rings. The van der Waals surface area contributed by atoms with Crippen LogP contribution >= 0.6 is 0 Å². The van der Waals surface area contributed by atoms with Crippen molar-refractivity contribution in [2.45, 2.75) is 52.6 Å². The molecule has 0 saturated heterocycles. The molecule has 0 fully saturated rings. The average molecular weight is 458 g/mol. The first kappa shape index (κ1) is 22.1. The van der Waals surface area contributed by atoms with Gasteiger partial charge in [0.1, 0.15) is 11.6 Å². The number of hydrogen-bond acceptors (Lipinski definition) is 3. The van der Waals surface area contributed by atoms with Gasteiger partial charge in [-0.15, -0.1) is 10.2 Å². The molecule has 2 aromatic heterocycles. The lowest BCUT2D eigenvalue weighted by atomic mass is 10.1. The Hall–Kier alpha value is -3.74. The Morgan fingerprint density at radius 1 is 1.03 bits per heavy atom. The topological polar surface area (TPSA) is 64.7 Å². The summed E-state index contributed by atoms with van der Waals surface area (Å²) in [4.78, 5) is 13.2. The number of hydrogen-bond donors (Lipinski definition) is 1. The van der Waals surface area contributed by atoms with E-state index in [1.54, 1.807) is 12.1 Å². The molecule has 1 N–H and O–H groups in total. The third kappa shape index (κ3) is 4.25. The molecular formula is C27H28FN5O. The van der Waals surface area contributed by atoms with Crippen molar-refractivity contribution in [3.05, 3.63) is 88.8 Å². The predicted molar refractivity (Wildman–Crippen MR) is 130 cm³/mol. The fourth-order valence-corrected chi connectivity index (χ4v) is 4.69. The third-order valence-corrected chi connectivity index (χ3v) is 6.58. The van der Waals surface area contributed by atoms with Crippen molar-refractivity contribution in [1.82, 2.24) is 19.3 Å². The van der Waals surface area contributed by atoms with Crippen molar-refractivity contribution in [3.63, 3.8) is 0 Å². The monoisotopic (exact) mass is 457 g/mol. The van der Waals surface area contributed by atoms with E-state index in [0.29, 0.717) is 17.9 Å². The highest BCUT2D eigenvalue weighted by Crippen LogP contribution is 2.27. The molecule has 0 atom stereocenters. The molecule has 0 spiro atoms. The van der Waals surface area contributed by atoms with Crippen molar-refractivity contribution in [1.29, 1.82) is 0 Å². The van der Waals surface area contributed by atoms with Gasteiger partial charge in [0.15, 0.2) is 5.82 Å². The van der Waals surface area contributed by atoms with E-state index in [2.05, 4.69) is 36.8 Å². The zero-order valence-corrected chi connectivity index (χ0v) is 19.5. The number of halogens is 1. The molecule has 7 heteroatoms. The molecule has 5 rings (SSSR count). The van der Waals surface area contributed by atoms with E-state index in [1.807, 2.05) is 38.1 Å². The highest BCUT2D eigenvalue weighted by atomic mass is 19.1. The summed E-state index contributed by atoms with van der Waals surface area (Å²) in [5.41, 5.74) is 4.40. The highest BCUT2D eigenvalue weighted by Gasteiger charge is 2.20.